The number of carbonyl (C=O) groups excluding carboxylic acids is 3. The summed E-state index contributed by atoms with van der Waals surface area (Å²) in [6.45, 7) is 9.82. The van der Waals surface area contributed by atoms with Crippen molar-refractivity contribution in [3.63, 3.8) is 0 Å². The van der Waals surface area contributed by atoms with Gasteiger partial charge in [-0.3, -0.25) is 4.79 Å². The van der Waals surface area contributed by atoms with Gasteiger partial charge in [0.15, 0.2) is 11.9 Å². The largest absolute Gasteiger partial charge is 0.463 e. The first-order valence-corrected chi connectivity index (χ1v) is 14.8. The average molecular weight is 615 g/mol. The lowest BCUT2D eigenvalue weighted by molar-refractivity contribution is -0.164. The summed E-state index contributed by atoms with van der Waals surface area (Å²) in [5.41, 5.74) is 2.68. The topological polar surface area (TPSA) is 200 Å². The summed E-state index contributed by atoms with van der Waals surface area (Å²) in [5, 5.41) is 28.8. The minimum atomic E-state index is -2.10. The van der Waals surface area contributed by atoms with Crippen molar-refractivity contribution in [2.24, 2.45) is 11.3 Å². The van der Waals surface area contributed by atoms with E-state index < -0.39 is 65.6 Å². The lowest BCUT2D eigenvalue weighted by Crippen LogP contribution is -2.53. The number of fused-ring (bicyclic) bond motifs is 1. The van der Waals surface area contributed by atoms with Crippen LogP contribution >= 0.6 is 0 Å². The number of nitrogen functional groups attached to an aromatic ring is 1. The lowest BCUT2D eigenvalue weighted by Gasteiger charge is -2.32. The molecule has 240 valence electrons. The van der Waals surface area contributed by atoms with Gasteiger partial charge in [-0.25, -0.2) is 19.1 Å². The zero-order chi connectivity index (χ0) is 32.4. The smallest absolute Gasteiger partial charge is 0.408 e. The van der Waals surface area contributed by atoms with Crippen molar-refractivity contribution in [3.05, 3.63) is 24.2 Å². The standard InChI is InChI=1S/C30H42N6O8/c1-28(2,3)23(35-27(40)44-29(4,5)6)26(39)42-22-19(14-41-21(37)13-17-9-7-8-10-17)43-30(15-31,24(22)38)20-12-11-18-25(32)33-16-34-36(18)20/h11-12,16-17,19,22-24,38H,7-10,13-14H2,1-6H3,(H,35,40)(H2,32,33,34)/t19-,22-,23-,24-,30+/m1/s1. The Labute approximate surface area is 256 Å². The molecule has 5 atom stereocenters. The van der Waals surface area contributed by atoms with Crippen molar-refractivity contribution < 1.29 is 38.4 Å². The highest BCUT2D eigenvalue weighted by Gasteiger charge is 2.60. The fraction of sp³-hybridized carbons (Fsp3) is 0.667. The van der Waals surface area contributed by atoms with Crippen LogP contribution in [0.25, 0.3) is 5.52 Å². The molecule has 2 aliphatic rings. The summed E-state index contributed by atoms with van der Waals surface area (Å²) in [5.74, 6) is -0.998. The number of aliphatic hydroxyl groups excluding tert-OH is 1. The Morgan fingerprint density at radius 3 is 2.52 bits per heavy atom. The van der Waals surface area contributed by atoms with Gasteiger partial charge in [0.05, 0.1) is 5.69 Å². The van der Waals surface area contributed by atoms with Crippen molar-refractivity contribution >= 4 is 29.4 Å². The maximum absolute atomic E-state index is 13.7. The van der Waals surface area contributed by atoms with Gasteiger partial charge < -0.3 is 35.1 Å². The maximum atomic E-state index is 13.7. The van der Waals surface area contributed by atoms with Crippen LogP contribution in [0.3, 0.4) is 0 Å². The predicted molar refractivity (Wildman–Crippen MR) is 156 cm³/mol. The Morgan fingerprint density at radius 2 is 1.91 bits per heavy atom. The zero-order valence-electron chi connectivity index (χ0n) is 26.0. The van der Waals surface area contributed by atoms with Gasteiger partial charge in [0.2, 0.25) is 5.60 Å². The van der Waals surface area contributed by atoms with E-state index in [0.29, 0.717) is 5.52 Å². The van der Waals surface area contributed by atoms with E-state index >= 15 is 0 Å². The number of nitrogens with one attached hydrogen (secondary N) is 1. The quantitative estimate of drug-likeness (QED) is 0.290. The van der Waals surface area contributed by atoms with Crippen LogP contribution < -0.4 is 11.1 Å². The summed E-state index contributed by atoms with van der Waals surface area (Å²) in [6.07, 6.45) is 0.110. The summed E-state index contributed by atoms with van der Waals surface area (Å²) < 4.78 is 24.2. The molecule has 0 bridgehead atoms. The number of aliphatic hydroxyl groups is 1. The molecule has 0 aromatic carbocycles. The molecule has 0 radical (unpaired) electrons. The summed E-state index contributed by atoms with van der Waals surface area (Å²) in [4.78, 5) is 42.9. The third-order valence-corrected chi connectivity index (χ3v) is 7.81. The van der Waals surface area contributed by atoms with Crippen molar-refractivity contribution in [2.75, 3.05) is 12.3 Å². The normalized spacial score (nSPS) is 24.9. The van der Waals surface area contributed by atoms with Crippen molar-refractivity contribution in [1.82, 2.24) is 19.9 Å². The Hall–Kier alpha value is -3.96. The molecule has 4 rings (SSSR count). The summed E-state index contributed by atoms with van der Waals surface area (Å²) >= 11 is 0. The second kappa shape index (κ2) is 12.6. The van der Waals surface area contributed by atoms with Gasteiger partial charge in [-0.1, -0.05) is 33.6 Å². The molecule has 0 unspecified atom stereocenters. The number of nitriles is 1. The van der Waals surface area contributed by atoms with Gasteiger partial charge in [-0.05, 0) is 57.1 Å². The van der Waals surface area contributed by atoms with Gasteiger partial charge in [0.25, 0.3) is 0 Å². The minimum absolute atomic E-state index is 0.108. The van der Waals surface area contributed by atoms with Gasteiger partial charge in [-0.2, -0.15) is 10.4 Å². The van der Waals surface area contributed by atoms with Crippen molar-refractivity contribution in [1.29, 1.82) is 5.26 Å². The molecule has 1 saturated heterocycles. The van der Waals surface area contributed by atoms with Crippen LogP contribution in [0.5, 0.6) is 0 Å². The minimum Gasteiger partial charge on any atom is -0.463 e. The molecule has 1 aliphatic heterocycles. The van der Waals surface area contributed by atoms with E-state index in [1.807, 2.05) is 6.07 Å². The molecular formula is C30H42N6O8. The maximum Gasteiger partial charge on any atom is 0.408 e. The third kappa shape index (κ3) is 7.05. The fourth-order valence-corrected chi connectivity index (χ4v) is 5.62. The predicted octanol–water partition coefficient (Wildman–Crippen LogP) is 2.76. The molecule has 2 aromatic rings. The number of anilines is 1. The van der Waals surface area contributed by atoms with E-state index in [1.165, 1.54) is 16.9 Å². The summed E-state index contributed by atoms with van der Waals surface area (Å²) in [6, 6.07) is 3.88. The molecule has 0 spiro atoms. The second-order valence-corrected chi connectivity index (χ2v) is 13.5. The number of nitrogens with zero attached hydrogens (tertiary/aromatic N) is 4. The van der Waals surface area contributed by atoms with Crippen molar-refractivity contribution in [2.45, 2.75) is 109 Å². The number of amides is 1. The highest BCUT2D eigenvalue weighted by atomic mass is 16.6. The van der Waals surface area contributed by atoms with Crippen molar-refractivity contribution in [3.8, 4) is 6.07 Å². The second-order valence-electron chi connectivity index (χ2n) is 13.5. The number of carbonyl (C=O) groups is 3. The number of ether oxygens (including phenoxy) is 4. The van der Waals surface area contributed by atoms with E-state index in [0.717, 1.165) is 25.7 Å². The molecule has 2 fully saturated rings. The van der Waals surface area contributed by atoms with Gasteiger partial charge >= 0.3 is 18.0 Å². The van der Waals surface area contributed by atoms with E-state index in [4.69, 9.17) is 24.7 Å². The van der Waals surface area contributed by atoms with E-state index in [2.05, 4.69) is 15.4 Å². The van der Waals surface area contributed by atoms with Crippen LogP contribution in [0.4, 0.5) is 10.6 Å². The Bertz CT molecular complexity index is 1420. The van der Waals surface area contributed by atoms with Gasteiger partial charge in [0.1, 0.15) is 48.4 Å². The molecule has 14 nitrogen and oxygen atoms in total. The Kier molecular flexibility index (Phi) is 9.41. The number of esters is 2. The molecule has 1 saturated carbocycles. The molecule has 1 aliphatic carbocycles. The molecule has 14 heteroatoms. The first kappa shape index (κ1) is 32.9. The van der Waals surface area contributed by atoms with Gasteiger partial charge in [-0.15, -0.1) is 0 Å². The SMILES string of the molecule is CC(C)(C)OC(=O)N[C@H](C(=O)O[C@H]1[C@@H](O)[C@](C#N)(c2ccc3c(N)ncnn23)O[C@@H]1COC(=O)CC1CCCC1)C(C)(C)C. The first-order valence-electron chi connectivity index (χ1n) is 14.8. The Morgan fingerprint density at radius 1 is 1.23 bits per heavy atom. The molecule has 3 heterocycles. The molecule has 4 N–H and O–H groups in total. The van der Waals surface area contributed by atoms with Crippen LogP contribution in [-0.4, -0.2) is 74.3 Å². The summed E-state index contributed by atoms with van der Waals surface area (Å²) in [7, 11) is 0. The number of rotatable bonds is 8. The van der Waals surface area contributed by atoms with Crippen LogP contribution in [0.1, 0.15) is 79.3 Å². The van der Waals surface area contributed by atoms with Crippen LogP contribution in [-0.2, 0) is 34.1 Å². The highest BCUT2D eigenvalue weighted by molar-refractivity contribution is 5.82. The number of aromatic nitrogens is 3. The van der Waals surface area contributed by atoms with E-state index in [-0.39, 0.29) is 23.9 Å². The number of hydrogen-bond acceptors (Lipinski definition) is 12. The van der Waals surface area contributed by atoms with E-state index in [1.54, 1.807) is 47.6 Å². The lowest BCUT2D eigenvalue weighted by atomic mass is 9.86. The zero-order valence-corrected chi connectivity index (χ0v) is 26.0. The van der Waals surface area contributed by atoms with Crippen LogP contribution in [0.2, 0.25) is 0 Å². The molecule has 44 heavy (non-hydrogen) atoms. The number of nitrogens with two attached hydrogens (primary N) is 1. The first-order chi connectivity index (χ1) is 20.6. The molecule has 2 aromatic heterocycles. The third-order valence-electron chi connectivity index (χ3n) is 7.81. The molecule has 1 amide bonds. The van der Waals surface area contributed by atoms with Gasteiger partial charge in [0, 0.05) is 6.42 Å². The molecular weight excluding hydrogens is 572 g/mol. The number of alkyl carbamates (subject to hydrolysis) is 1. The monoisotopic (exact) mass is 614 g/mol. The van der Waals surface area contributed by atoms with Crippen LogP contribution in [0, 0.1) is 22.7 Å². The fourth-order valence-electron chi connectivity index (χ4n) is 5.62. The number of hydrogen-bond donors (Lipinski definition) is 3. The van der Waals surface area contributed by atoms with E-state index in [9.17, 15) is 24.8 Å². The highest BCUT2D eigenvalue weighted by Crippen LogP contribution is 2.42. The average Bonchev–Trinajstić information content (AvgIpc) is 3.65. The Balaban J connectivity index is 1.64. The van der Waals surface area contributed by atoms with Crippen LogP contribution in [0.15, 0.2) is 18.5 Å².